The molecule has 1 saturated heterocycles. The Kier molecular flexibility index (Phi) is 4.93. The minimum Gasteiger partial charge on any atom is -0.358 e. The second-order valence-corrected chi connectivity index (χ2v) is 6.85. The molecule has 0 aliphatic carbocycles. The third-order valence-electron chi connectivity index (χ3n) is 5.31. The molecule has 0 unspecified atom stereocenters. The van der Waals surface area contributed by atoms with Crippen LogP contribution in [-0.2, 0) is 22.6 Å². The Morgan fingerprint density at radius 1 is 1.17 bits per heavy atom. The second-order valence-electron chi connectivity index (χ2n) is 6.85. The molecule has 2 aromatic rings. The van der Waals surface area contributed by atoms with Crippen molar-refractivity contribution in [1.82, 2.24) is 24.7 Å². The van der Waals surface area contributed by atoms with Gasteiger partial charge in [0.05, 0.1) is 13.4 Å². The highest BCUT2D eigenvalue weighted by atomic mass is 16.5. The first-order chi connectivity index (χ1) is 16.1. The van der Waals surface area contributed by atoms with E-state index in [1.165, 1.54) is 21.4 Å². The van der Waals surface area contributed by atoms with E-state index in [9.17, 15) is 9.59 Å². The van der Waals surface area contributed by atoms with E-state index in [0.29, 0.717) is 45.6 Å². The van der Waals surface area contributed by atoms with Crippen molar-refractivity contribution < 1.29 is 16.4 Å². The van der Waals surface area contributed by atoms with Gasteiger partial charge in [0.1, 0.15) is 5.72 Å². The molecule has 2 heterocycles. The van der Waals surface area contributed by atoms with Gasteiger partial charge in [-0.05, 0) is 29.4 Å². The van der Waals surface area contributed by atoms with Crippen LogP contribution in [-0.4, -0.2) is 63.1 Å². The average Bonchev–Trinajstić information content (AvgIpc) is 3.22. The number of piperidine rings is 1. The van der Waals surface area contributed by atoms with Gasteiger partial charge in [-0.1, -0.05) is 25.1 Å². The number of hydrogen-bond donors (Lipinski definition) is 0. The normalized spacial score (nSPS) is 19.1. The maximum atomic E-state index is 13.1. The number of para-hydroxylation sites is 1. The van der Waals surface area contributed by atoms with E-state index in [1.807, 2.05) is 6.92 Å². The molecule has 9 nitrogen and oxygen atoms in total. The SMILES string of the molecule is [2H]c1c([2H])c([2H])c(N(C(=O)CC)C2(OC)CCN(CCn3nnn(CC)c3=O)CC2)c([2H])c1[2H]. The monoisotopic (exact) mass is 407 g/mol. The lowest BCUT2D eigenvalue weighted by Gasteiger charge is -2.47. The zero-order valence-electron chi connectivity index (χ0n) is 22.1. The summed E-state index contributed by atoms with van der Waals surface area (Å²) < 4.78 is 49.1. The highest BCUT2D eigenvalue weighted by Crippen LogP contribution is 2.34. The van der Waals surface area contributed by atoms with Gasteiger partial charge >= 0.3 is 5.69 Å². The van der Waals surface area contributed by atoms with Gasteiger partial charge in [0.2, 0.25) is 5.91 Å². The Morgan fingerprint density at radius 3 is 2.38 bits per heavy atom. The van der Waals surface area contributed by atoms with Crippen LogP contribution < -0.4 is 10.6 Å². The molecule has 0 bridgehead atoms. The van der Waals surface area contributed by atoms with Crippen molar-refractivity contribution in [3.05, 3.63) is 40.7 Å². The minimum absolute atomic E-state index is 0.0764. The van der Waals surface area contributed by atoms with Crippen molar-refractivity contribution >= 4 is 11.6 Å². The van der Waals surface area contributed by atoms with Crippen molar-refractivity contribution in [2.45, 2.75) is 51.9 Å². The molecule has 29 heavy (non-hydrogen) atoms. The standard InChI is InChI=1S/C20H30N6O3/c1-4-18(27)26(17-9-7-6-8-10-17)20(29-3)11-13-23(14-12-20)15-16-25-19(28)24(5-2)21-22-25/h6-10H,4-5,11-16H2,1-3H3/i6D,7D,8D,9D,10D. The van der Waals surface area contributed by atoms with Crippen molar-refractivity contribution in [2.75, 3.05) is 31.6 Å². The molecule has 1 aliphatic rings. The predicted molar refractivity (Wildman–Crippen MR) is 110 cm³/mol. The van der Waals surface area contributed by atoms with Gasteiger partial charge in [-0.15, -0.1) is 0 Å². The summed E-state index contributed by atoms with van der Waals surface area (Å²) in [5, 5.41) is 7.69. The molecular weight excluding hydrogens is 372 g/mol. The third-order valence-corrected chi connectivity index (χ3v) is 5.31. The Hall–Kier alpha value is -2.52. The Labute approximate surface area is 177 Å². The lowest BCUT2D eigenvalue weighted by molar-refractivity contribution is -0.128. The number of anilines is 1. The summed E-state index contributed by atoms with van der Waals surface area (Å²) in [7, 11) is 1.46. The number of aromatic nitrogens is 4. The molecular formula is C20H30N6O3. The zero-order valence-corrected chi connectivity index (χ0v) is 17.1. The summed E-state index contributed by atoms with van der Waals surface area (Å²) >= 11 is 0. The van der Waals surface area contributed by atoms with Crippen LogP contribution in [0.2, 0.25) is 0 Å². The fourth-order valence-corrected chi connectivity index (χ4v) is 3.60. The van der Waals surface area contributed by atoms with Crippen LogP contribution in [0.3, 0.4) is 0 Å². The molecule has 0 atom stereocenters. The maximum absolute atomic E-state index is 13.1. The first-order valence-corrected chi connectivity index (χ1v) is 9.79. The topological polar surface area (TPSA) is 85.5 Å². The number of aryl methyl sites for hydroxylation is 1. The van der Waals surface area contributed by atoms with Gasteiger partial charge in [-0.2, -0.15) is 9.36 Å². The largest absolute Gasteiger partial charge is 0.363 e. The predicted octanol–water partition coefficient (Wildman–Crippen LogP) is 1.34. The molecule has 0 N–H and O–H groups in total. The fraction of sp³-hybridized carbons (Fsp3) is 0.600. The maximum Gasteiger partial charge on any atom is 0.363 e. The van der Waals surface area contributed by atoms with Crippen LogP contribution in [0.1, 0.15) is 40.0 Å². The van der Waals surface area contributed by atoms with Crippen molar-refractivity contribution in [3.63, 3.8) is 0 Å². The highest BCUT2D eigenvalue weighted by molar-refractivity contribution is 5.94. The number of carbonyl (C=O) groups excluding carboxylic acids is 1. The molecule has 1 aromatic heterocycles. The summed E-state index contributed by atoms with van der Waals surface area (Å²) in [5.74, 6) is -0.392. The molecule has 9 heteroatoms. The number of nitrogens with zero attached hydrogens (tertiary/aromatic N) is 6. The summed E-state index contributed by atoms with van der Waals surface area (Å²) in [4.78, 5) is 28.6. The van der Waals surface area contributed by atoms with Crippen LogP contribution in [0, 0.1) is 0 Å². The van der Waals surface area contributed by atoms with E-state index in [2.05, 4.69) is 15.3 Å². The zero-order chi connectivity index (χ0) is 25.2. The van der Waals surface area contributed by atoms with Crippen molar-refractivity contribution in [3.8, 4) is 0 Å². The first-order valence-electron chi connectivity index (χ1n) is 12.3. The highest BCUT2D eigenvalue weighted by Gasteiger charge is 2.43. The Morgan fingerprint density at radius 2 is 1.83 bits per heavy atom. The van der Waals surface area contributed by atoms with Crippen LogP contribution in [0.25, 0.3) is 0 Å². The fourth-order valence-electron chi connectivity index (χ4n) is 3.60. The van der Waals surface area contributed by atoms with E-state index < -0.39 is 41.8 Å². The van der Waals surface area contributed by atoms with Crippen LogP contribution in [0.5, 0.6) is 0 Å². The van der Waals surface area contributed by atoms with Crippen molar-refractivity contribution in [1.29, 1.82) is 0 Å². The molecule has 158 valence electrons. The third kappa shape index (κ3) is 4.40. The van der Waals surface area contributed by atoms with E-state index in [-0.39, 0.29) is 17.8 Å². The molecule has 0 spiro atoms. The summed E-state index contributed by atoms with van der Waals surface area (Å²) in [6, 6.07) is -2.40. The molecule has 1 amide bonds. The van der Waals surface area contributed by atoms with Crippen molar-refractivity contribution in [2.24, 2.45) is 0 Å². The number of ether oxygens (including phenoxy) is 1. The summed E-state index contributed by atoms with van der Waals surface area (Å²) in [6.45, 7) is 5.83. The van der Waals surface area contributed by atoms with Gasteiger partial charge in [0, 0.05) is 58.2 Å². The number of hydrogen-bond acceptors (Lipinski definition) is 6. The van der Waals surface area contributed by atoms with Gasteiger partial charge in [-0.3, -0.25) is 9.69 Å². The lowest BCUT2D eigenvalue weighted by Crippen LogP contribution is -2.59. The van der Waals surface area contributed by atoms with E-state index in [0.717, 1.165) is 0 Å². The van der Waals surface area contributed by atoms with Gasteiger partial charge in [-0.25, -0.2) is 4.79 Å². The number of carbonyl (C=O) groups is 1. The molecule has 1 aliphatic heterocycles. The van der Waals surface area contributed by atoms with E-state index >= 15 is 0 Å². The number of tetrazole rings is 1. The lowest BCUT2D eigenvalue weighted by atomic mass is 9.96. The molecule has 0 radical (unpaired) electrons. The van der Waals surface area contributed by atoms with Crippen LogP contribution in [0.4, 0.5) is 5.69 Å². The minimum atomic E-state index is -1.17. The van der Waals surface area contributed by atoms with Gasteiger partial charge < -0.3 is 9.64 Å². The molecule has 0 saturated carbocycles. The first kappa shape index (κ1) is 15.3. The quantitative estimate of drug-likeness (QED) is 0.614. The van der Waals surface area contributed by atoms with Crippen LogP contribution >= 0.6 is 0 Å². The Balaban J connectivity index is 1.86. The number of rotatable bonds is 8. The molecule has 1 fully saturated rings. The number of likely N-dealkylation sites (tertiary alicyclic amines) is 1. The second kappa shape index (κ2) is 9.32. The Bertz CT molecular complexity index is 1080. The van der Waals surface area contributed by atoms with Gasteiger partial charge in [0.15, 0.2) is 0 Å². The van der Waals surface area contributed by atoms with E-state index in [1.54, 1.807) is 6.92 Å². The number of amides is 1. The summed E-state index contributed by atoms with van der Waals surface area (Å²) in [5.41, 5.74) is -1.61. The number of benzene rings is 1. The smallest absolute Gasteiger partial charge is 0.358 e. The van der Waals surface area contributed by atoms with Gasteiger partial charge in [0.25, 0.3) is 0 Å². The summed E-state index contributed by atoms with van der Waals surface area (Å²) in [6.07, 6.45) is 0.787. The number of methoxy groups -OCH3 is 1. The average molecular weight is 408 g/mol. The molecule has 1 aromatic carbocycles. The molecule has 3 rings (SSSR count). The van der Waals surface area contributed by atoms with Crippen LogP contribution in [0.15, 0.2) is 35.0 Å². The van der Waals surface area contributed by atoms with E-state index in [4.69, 9.17) is 11.6 Å².